The van der Waals surface area contributed by atoms with Crippen LogP contribution in [0.25, 0.3) is 5.65 Å². The molecule has 0 aromatic carbocycles. The van der Waals surface area contributed by atoms with Crippen LogP contribution >= 0.6 is 0 Å². The molecule has 2 aromatic rings. The van der Waals surface area contributed by atoms with E-state index < -0.39 is 10.9 Å². The molecule has 0 aliphatic heterocycles. The number of carbonyl (C=O) groups is 1. The lowest BCUT2D eigenvalue weighted by Gasteiger charge is -2.00. The Balaban J connectivity index is 2.20. The third kappa shape index (κ3) is 2.86. The van der Waals surface area contributed by atoms with Gasteiger partial charge < -0.3 is 20.5 Å². The number of nitro groups is 1. The minimum Gasteiger partial charge on any atom is -0.481 e. The van der Waals surface area contributed by atoms with Crippen LogP contribution in [0.3, 0.4) is 0 Å². The Kier molecular flexibility index (Phi) is 3.71. The van der Waals surface area contributed by atoms with Crippen LogP contribution in [0.5, 0.6) is 0 Å². The second kappa shape index (κ2) is 5.44. The SMILES string of the molecule is O=C(O)CCNCc1nc2ccccn2c1[N+](=O)[O-]. The van der Waals surface area contributed by atoms with Gasteiger partial charge in [-0.3, -0.25) is 4.79 Å². The van der Waals surface area contributed by atoms with Crippen LogP contribution in [0.2, 0.25) is 0 Å². The summed E-state index contributed by atoms with van der Waals surface area (Å²) in [6, 6.07) is 5.10. The van der Waals surface area contributed by atoms with Crippen molar-refractivity contribution in [1.82, 2.24) is 14.7 Å². The van der Waals surface area contributed by atoms with Crippen LogP contribution in [0.15, 0.2) is 24.4 Å². The number of carboxylic acid groups (broad SMARTS) is 1. The van der Waals surface area contributed by atoms with Crippen LogP contribution < -0.4 is 5.32 Å². The van der Waals surface area contributed by atoms with E-state index in [0.717, 1.165) is 0 Å². The van der Waals surface area contributed by atoms with Crippen LogP contribution in [-0.2, 0) is 11.3 Å². The Hall–Kier alpha value is -2.48. The highest BCUT2D eigenvalue weighted by Crippen LogP contribution is 2.20. The van der Waals surface area contributed by atoms with Crippen LogP contribution in [0.4, 0.5) is 5.82 Å². The van der Waals surface area contributed by atoms with Crippen molar-refractivity contribution in [1.29, 1.82) is 0 Å². The van der Waals surface area contributed by atoms with Crippen molar-refractivity contribution >= 4 is 17.4 Å². The summed E-state index contributed by atoms with van der Waals surface area (Å²) in [5, 5.41) is 22.4. The minimum atomic E-state index is -0.919. The fourth-order valence-electron chi connectivity index (χ4n) is 1.75. The maximum absolute atomic E-state index is 11.1. The average Bonchev–Trinajstić information content (AvgIpc) is 2.72. The molecule has 2 rings (SSSR count). The fourth-order valence-corrected chi connectivity index (χ4v) is 1.75. The highest BCUT2D eigenvalue weighted by molar-refractivity contribution is 5.66. The van der Waals surface area contributed by atoms with E-state index in [1.54, 1.807) is 24.4 Å². The zero-order valence-electron chi connectivity index (χ0n) is 9.94. The molecule has 8 nitrogen and oxygen atoms in total. The van der Waals surface area contributed by atoms with E-state index in [-0.39, 0.29) is 25.3 Å². The molecule has 0 aliphatic rings. The van der Waals surface area contributed by atoms with Crippen molar-refractivity contribution in [3.63, 3.8) is 0 Å². The Morgan fingerprint density at radius 1 is 1.53 bits per heavy atom. The first kappa shape index (κ1) is 13.0. The van der Waals surface area contributed by atoms with Crippen molar-refractivity contribution in [3.05, 3.63) is 40.2 Å². The lowest BCUT2D eigenvalue weighted by molar-refractivity contribution is -0.391. The van der Waals surface area contributed by atoms with Gasteiger partial charge in [0.2, 0.25) is 5.65 Å². The van der Waals surface area contributed by atoms with Crippen molar-refractivity contribution < 1.29 is 14.8 Å². The summed E-state index contributed by atoms with van der Waals surface area (Å²) in [4.78, 5) is 25.1. The number of nitrogens with zero attached hydrogens (tertiary/aromatic N) is 3. The molecule has 0 unspecified atom stereocenters. The lowest BCUT2D eigenvalue weighted by Crippen LogP contribution is -2.18. The van der Waals surface area contributed by atoms with Gasteiger partial charge in [0, 0.05) is 19.2 Å². The average molecular weight is 264 g/mol. The van der Waals surface area contributed by atoms with E-state index in [9.17, 15) is 14.9 Å². The van der Waals surface area contributed by atoms with Gasteiger partial charge in [-0.05, 0) is 11.0 Å². The van der Waals surface area contributed by atoms with Gasteiger partial charge in [0.05, 0.1) is 12.6 Å². The van der Waals surface area contributed by atoms with Gasteiger partial charge in [0.1, 0.15) is 0 Å². The molecule has 2 heterocycles. The number of aliphatic carboxylic acids is 1. The third-order valence-electron chi connectivity index (χ3n) is 2.56. The van der Waals surface area contributed by atoms with Crippen molar-refractivity contribution in [2.75, 3.05) is 6.54 Å². The maximum Gasteiger partial charge on any atom is 0.352 e. The van der Waals surface area contributed by atoms with E-state index >= 15 is 0 Å². The molecule has 0 amide bonds. The monoisotopic (exact) mass is 264 g/mol. The molecule has 100 valence electrons. The number of nitrogens with one attached hydrogen (secondary N) is 1. The first-order chi connectivity index (χ1) is 9.09. The van der Waals surface area contributed by atoms with E-state index in [0.29, 0.717) is 11.3 Å². The predicted molar refractivity (Wildman–Crippen MR) is 65.8 cm³/mol. The molecule has 0 fully saturated rings. The lowest BCUT2D eigenvalue weighted by atomic mass is 10.4. The van der Waals surface area contributed by atoms with E-state index in [1.807, 2.05) is 0 Å². The van der Waals surface area contributed by atoms with Crippen LogP contribution in [-0.4, -0.2) is 31.9 Å². The Morgan fingerprint density at radius 3 is 3.00 bits per heavy atom. The molecule has 0 radical (unpaired) electrons. The molecule has 0 spiro atoms. The Labute approximate surface area is 107 Å². The number of aromatic nitrogens is 2. The van der Waals surface area contributed by atoms with Gasteiger partial charge in [-0.1, -0.05) is 6.07 Å². The van der Waals surface area contributed by atoms with Crippen molar-refractivity contribution in [2.45, 2.75) is 13.0 Å². The first-order valence-corrected chi connectivity index (χ1v) is 5.62. The second-order valence-electron chi connectivity index (χ2n) is 3.89. The van der Waals surface area contributed by atoms with Gasteiger partial charge in [-0.25, -0.2) is 4.98 Å². The normalized spacial score (nSPS) is 10.7. The number of hydrogen-bond acceptors (Lipinski definition) is 5. The van der Waals surface area contributed by atoms with Gasteiger partial charge in [0.15, 0.2) is 5.69 Å². The van der Waals surface area contributed by atoms with Gasteiger partial charge in [-0.2, -0.15) is 4.40 Å². The quantitative estimate of drug-likeness (QED) is 0.454. The zero-order valence-corrected chi connectivity index (χ0v) is 9.94. The van der Waals surface area contributed by atoms with Gasteiger partial charge in [0.25, 0.3) is 0 Å². The molecule has 0 saturated heterocycles. The molecule has 8 heteroatoms. The number of pyridine rings is 1. The van der Waals surface area contributed by atoms with Crippen LogP contribution in [0, 0.1) is 10.1 Å². The zero-order chi connectivity index (χ0) is 13.8. The predicted octanol–water partition coefficient (Wildman–Crippen LogP) is 0.807. The molecule has 2 N–H and O–H groups in total. The molecule has 2 aromatic heterocycles. The van der Waals surface area contributed by atoms with Crippen LogP contribution in [0.1, 0.15) is 12.1 Å². The largest absolute Gasteiger partial charge is 0.481 e. The highest BCUT2D eigenvalue weighted by Gasteiger charge is 2.21. The Morgan fingerprint density at radius 2 is 2.32 bits per heavy atom. The highest BCUT2D eigenvalue weighted by atomic mass is 16.6. The third-order valence-corrected chi connectivity index (χ3v) is 2.56. The smallest absolute Gasteiger partial charge is 0.352 e. The number of fused-ring (bicyclic) bond motifs is 1. The van der Waals surface area contributed by atoms with Crippen molar-refractivity contribution in [2.24, 2.45) is 0 Å². The number of rotatable bonds is 6. The number of imidazole rings is 1. The summed E-state index contributed by atoms with van der Waals surface area (Å²) in [6.45, 7) is 0.394. The number of hydrogen-bond donors (Lipinski definition) is 2. The standard InChI is InChI=1S/C11H12N4O4/c16-10(17)4-5-12-7-8-11(15(18)19)14-6-2-1-3-9(14)13-8/h1-3,6,12H,4-5,7H2,(H,16,17). The van der Waals surface area contributed by atoms with Crippen molar-refractivity contribution in [3.8, 4) is 0 Å². The molecule has 0 atom stereocenters. The molecular formula is C11H12N4O4. The maximum atomic E-state index is 11.1. The van der Waals surface area contributed by atoms with E-state index in [1.165, 1.54) is 4.40 Å². The van der Waals surface area contributed by atoms with Gasteiger partial charge in [-0.15, -0.1) is 0 Å². The van der Waals surface area contributed by atoms with Gasteiger partial charge >= 0.3 is 11.8 Å². The summed E-state index contributed by atoms with van der Waals surface area (Å²) < 4.78 is 1.40. The molecular weight excluding hydrogens is 252 g/mol. The molecule has 0 aliphatic carbocycles. The molecule has 19 heavy (non-hydrogen) atoms. The summed E-state index contributed by atoms with van der Waals surface area (Å²) in [5.41, 5.74) is 0.783. The minimum absolute atomic E-state index is 0.0405. The topological polar surface area (TPSA) is 110 Å². The summed E-state index contributed by atoms with van der Waals surface area (Å²) in [6.07, 6.45) is 1.53. The molecule has 0 saturated carbocycles. The summed E-state index contributed by atoms with van der Waals surface area (Å²) in [5.74, 6) is -1.02. The number of carboxylic acids is 1. The fraction of sp³-hybridized carbons (Fsp3) is 0.273. The van der Waals surface area contributed by atoms with E-state index in [4.69, 9.17) is 5.11 Å². The van der Waals surface area contributed by atoms with E-state index in [2.05, 4.69) is 10.3 Å². The first-order valence-electron chi connectivity index (χ1n) is 5.62. The second-order valence-corrected chi connectivity index (χ2v) is 3.89. The summed E-state index contributed by atoms with van der Waals surface area (Å²) in [7, 11) is 0. The Bertz CT molecular complexity index is 622. The molecule has 0 bridgehead atoms. The summed E-state index contributed by atoms with van der Waals surface area (Å²) >= 11 is 0.